The summed E-state index contributed by atoms with van der Waals surface area (Å²) in [5.41, 5.74) is 0.596. The number of carbonyl (C=O) groups is 3. The third-order valence-electron chi connectivity index (χ3n) is 2.19. The second kappa shape index (κ2) is 7.00. The van der Waals surface area contributed by atoms with Crippen LogP contribution in [0.5, 0.6) is 0 Å². The van der Waals surface area contributed by atoms with E-state index in [1.807, 2.05) is 6.07 Å². The van der Waals surface area contributed by atoms with Crippen molar-refractivity contribution in [3.63, 3.8) is 0 Å². The van der Waals surface area contributed by atoms with Crippen molar-refractivity contribution in [2.24, 2.45) is 0 Å². The molecule has 0 aliphatic heterocycles. The lowest BCUT2D eigenvalue weighted by molar-refractivity contribution is -0.138. The molecule has 1 rings (SSSR count). The van der Waals surface area contributed by atoms with Crippen LogP contribution in [-0.2, 0) is 9.59 Å². The standard InChI is InChI=1S/C12H15N3O4/c1-8(11(18)13-7-10(16)17)14-12(19)15-9-5-3-2-4-6-9/h2-6,8H,7H2,1H3,(H,13,18)(H,16,17)(H2,14,15,19). The number of urea groups is 1. The zero-order chi connectivity index (χ0) is 14.3. The minimum atomic E-state index is -1.14. The third kappa shape index (κ3) is 5.53. The van der Waals surface area contributed by atoms with Gasteiger partial charge in [-0.1, -0.05) is 18.2 Å². The van der Waals surface area contributed by atoms with Crippen LogP contribution in [0.15, 0.2) is 30.3 Å². The molecule has 0 fully saturated rings. The maximum absolute atomic E-state index is 11.5. The summed E-state index contributed by atoms with van der Waals surface area (Å²) >= 11 is 0. The maximum Gasteiger partial charge on any atom is 0.322 e. The first-order valence-corrected chi connectivity index (χ1v) is 5.61. The van der Waals surface area contributed by atoms with E-state index in [0.717, 1.165) is 0 Å². The van der Waals surface area contributed by atoms with Gasteiger partial charge in [-0.2, -0.15) is 0 Å². The molecular weight excluding hydrogens is 250 g/mol. The van der Waals surface area contributed by atoms with Crippen LogP contribution >= 0.6 is 0 Å². The molecule has 0 aliphatic rings. The highest BCUT2D eigenvalue weighted by Crippen LogP contribution is 2.04. The Hall–Kier alpha value is -2.57. The molecule has 0 bridgehead atoms. The summed E-state index contributed by atoms with van der Waals surface area (Å²) in [7, 11) is 0. The van der Waals surface area contributed by atoms with Crippen LogP contribution in [0.4, 0.5) is 10.5 Å². The summed E-state index contributed by atoms with van der Waals surface area (Å²) in [4.78, 5) is 33.2. The van der Waals surface area contributed by atoms with Crippen molar-refractivity contribution >= 4 is 23.6 Å². The van der Waals surface area contributed by atoms with Crippen LogP contribution in [0.3, 0.4) is 0 Å². The quantitative estimate of drug-likeness (QED) is 0.618. The molecule has 0 saturated carbocycles. The summed E-state index contributed by atoms with van der Waals surface area (Å²) in [5.74, 6) is -1.71. The van der Waals surface area contributed by atoms with Gasteiger partial charge in [-0.15, -0.1) is 0 Å². The largest absolute Gasteiger partial charge is 0.480 e. The Balaban J connectivity index is 2.39. The van der Waals surface area contributed by atoms with E-state index in [1.165, 1.54) is 6.92 Å². The van der Waals surface area contributed by atoms with Crippen LogP contribution in [0.2, 0.25) is 0 Å². The third-order valence-corrected chi connectivity index (χ3v) is 2.19. The number of para-hydroxylation sites is 1. The maximum atomic E-state index is 11.5. The molecule has 0 saturated heterocycles. The van der Waals surface area contributed by atoms with E-state index in [1.54, 1.807) is 24.3 Å². The molecule has 0 heterocycles. The highest BCUT2D eigenvalue weighted by Gasteiger charge is 2.15. The summed E-state index contributed by atoms with van der Waals surface area (Å²) in [6.07, 6.45) is 0. The fourth-order valence-electron chi connectivity index (χ4n) is 1.27. The molecule has 0 aliphatic carbocycles. The van der Waals surface area contributed by atoms with E-state index >= 15 is 0 Å². The van der Waals surface area contributed by atoms with Crippen molar-refractivity contribution in [3.05, 3.63) is 30.3 Å². The van der Waals surface area contributed by atoms with Gasteiger partial charge in [0, 0.05) is 5.69 Å². The highest BCUT2D eigenvalue weighted by atomic mass is 16.4. The van der Waals surface area contributed by atoms with Crippen LogP contribution in [0.25, 0.3) is 0 Å². The number of anilines is 1. The second-order valence-corrected chi connectivity index (χ2v) is 3.80. The topological polar surface area (TPSA) is 108 Å². The first-order valence-electron chi connectivity index (χ1n) is 5.61. The predicted octanol–water partition coefficient (Wildman–Crippen LogP) is 0.397. The second-order valence-electron chi connectivity index (χ2n) is 3.80. The number of carboxylic acid groups (broad SMARTS) is 1. The molecule has 1 aromatic rings. The van der Waals surface area contributed by atoms with Gasteiger partial charge in [-0.25, -0.2) is 4.79 Å². The van der Waals surface area contributed by atoms with E-state index < -0.39 is 30.5 Å². The molecule has 19 heavy (non-hydrogen) atoms. The summed E-state index contributed by atoms with van der Waals surface area (Å²) in [5, 5.41) is 15.5. The average molecular weight is 265 g/mol. The molecule has 1 aromatic carbocycles. The molecular formula is C12H15N3O4. The van der Waals surface area contributed by atoms with Crippen LogP contribution in [-0.4, -0.2) is 35.6 Å². The van der Waals surface area contributed by atoms with Crippen LogP contribution in [0, 0.1) is 0 Å². The minimum Gasteiger partial charge on any atom is -0.480 e. The molecule has 0 aromatic heterocycles. The van der Waals surface area contributed by atoms with E-state index in [9.17, 15) is 14.4 Å². The van der Waals surface area contributed by atoms with Gasteiger partial charge in [0.1, 0.15) is 12.6 Å². The van der Waals surface area contributed by atoms with Crippen molar-refractivity contribution in [2.45, 2.75) is 13.0 Å². The van der Waals surface area contributed by atoms with Crippen molar-refractivity contribution in [1.82, 2.24) is 10.6 Å². The number of carbonyl (C=O) groups excluding carboxylic acids is 2. The van der Waals surface area contributed by atoms with Crippen molar-refractivity contribution < 1.29 is 19.5 Å². The number of carboxylic acids is 1. The smallest absolute Gasteiger partial charge is 0.322 e. The van der Waals surface area contributed by atoms with Gasteiger partial charge in [0.25, 0.3) is 0 Å². The zero-order valence-electron chi connectivity index (χ0n) is 10.3. The van der Waals surface area contributed by atoms with E-state index in [4.69, 9.17) is 5.11 Å². The summed E-state index contributed by atoms with van der Waals surface area (Å²) in [6, 6.07) is 7.37. The zero-order valence-corrected chi connectivity index (χ0v) is 10.3. The van der Waals surface area contributed by atoms with Gasteiger partial charge in [0.05, 0.1) is 0 Å². The SMILES string of the molecule is CC(NC(=O)Nc1ccccc1)C(=O)NCC(=O)O. The van der Waals surface area contributed by atoms with Gasteiger partial charge in [0.2, 0.25) is 5.91 Å². The lowest BCUT2D eigenvalue weighted by Crippen LogP contribution is -2.47. The lowest BCUT2D eigenvalue weighted by Gasteiger charge is -2.14. The van der Waals surface area contributed by atoms with Gasteiger partial charge < -0.3 is 21.1 Å². The lowest BCUT2D eigenvalue weighted by atomic mass is 10.3. The first kappa shape index (κ1) is 14.5. The number of hydrogen-bond acceptors (Lipinski definition) is 3. The number of amides is 3. The molecule has 7 heteroatoms. The Kier molecular flexibility index (Phi) is 5.34. The fraction of sp³-hybridized carbons (Fsp3) is 0.250. The fourth-order valence-corrected chi connectivity index (χ4v) is 1.27. The summed E-state index contributed by atoms with van der Waals surface area (Å²) < 4.78 is 0. The molecule has 3 amide bonds. The molecule has 0 radical (unpaired) electrons. The van der Waals surface area contributed by atoms with Gasteiger partial charge in [0.15, 0.2) is 0 Å². The van der Waals surface area contributed by atoms with Crippen molar-refractivity contribution in [3.8, 4) is 0 Å². The van der Waals surface area contributed by atoms with Gasteiger partial charge in [-0.05, 0) is 19.1 Å². The molecule has 4 N–H and O–H groups in total. The van der Waals surface area contributed by atoms with Crippen LogP contribution < -0.4 is 16.0 Å². The number of hydrogen-bond donors (Lipinski definition) is 4. The minimum absolute atomic E-state index is 0.481. The van der Waals surface area contributed by atoms with Gasteiger partial charge >= 0.3 is 12.0 Å². The predicted molar refractivity (Wildman–Crippen MR) is 68.7 cm³/mol. The van der Waals surface area contributed by atoms with Crippen molar-refractivity contribution in [1.29, 1.82) is 0 Å². The molecule has 102 valence electrons. The molecule has 1 atom stereocenters. The molecule has 0 spiro atoms. The Labute approximate surface area is 110 Å². The number of rotatable bonds is 5. The van der Waals surface area contributed by atoms with Crippen molar-refractivity contribution in [2.75, 3.05) is 11.9 Å². The Morgan fingerprint density at radius 2 is 1.84 bits per heavy atom. The number of benzene rings is 1. The first-order chi connectivity index (χ1) is 8.99. The summed E-state index contributed by atoms with van der Waals surface area (Å²) in [6.45, 7) is 0.979. The number of aliphatic carboxylic acids is 1. The van der Waals surface area contributed by atoms with Crippen LogP contribution in [0.1, 0.15) is 6.92 Å². The monoisotopic (exact) mass is 265 g/mol. The average Bonchev–Trinajstić information content (AvgIpc) is 2.36. The Morgan fingerprint density at radius 1 is 1.21 bits per heavy atom. The normalized spacial score (nSPS) is 11.2. The Bertz CT molecular complexity index is 461. The van der Waals surface area contributed by atoms with E-state index in [0.29, 0.717) is 5.69 Å². The highest BCUT2D eigenvalue weighted by molar-refractivity contribution is 5.94. The van der Waals surface area contributed by atoms with E-state index in [-0.39, 0.29) is 0 Å². The molecule has 1 unspecified atom stereocenters. The van der Waals surface area contributed by atoms with Gasteiger partial charge in [-0.3, -0.25) is 9.59 Å². The molecule has 7 nitrogen and oxygen atoms in total. The van der Waals surface area contributed by atoms with E-state index in [2.05, 4.69) is 16.0 Å². The number of nitrogens with one attached hydrogen (secondary N) is 3. The Morgan fingerprint density at radius 3 is 2.42 bits per heavy atom.